The summed E-state index contributed by atoms with van der Waals surface area (Å²) in [7, 11) is 0. The van der Waals surface area contributed by atoms with E-state index in [1.54, 1.807) is 0 Å². The molecule has 0 bridgehead atoms. The predicted molar refractivity (Wildman–Crippen MR) is 50.0 cm³/mol. The first kappa shape index (κ1) is 22.5. The Morgan fingerprint density at radius 2 is 1.64 bits per heavy atom. The zero-order chi connectivity index (χ0) is 5.28. The Morgan fingerprint density at radius 3 is 1.73 bits per heavy atom. The summed E-state index contributed by atoms with van der Waals surface area (Å²) in [5.41, 5.74) is 2.78. The Balaban J connectivity index is -0.0000000612. The average molecular weight is 186 g/mol. The van der Waals surface area contributed by atoms with E-state index in [1.165, 1.54) is 11.1 Å². The van der Waals surface area contributed by atoms with Gasteiger partial charge in [-0.2, -0.15) is 6.08 Å². The smallest absolute Gasteiger partial charge is 0.358 e. The van der Waals surface area contributed by atoms with Crippen LogP contribution in [-0.2, 0) is 21.7 Å². The van der Waals surface area contributed by atoms with Crippen LogP contribution in [0.1, 0.15) is 20.3 Å². The van der Waals surface area contributed by atoms with E-state index in [1.807, 2.05) is 0 Å². The van der Waals surface area contributed by atoms with E-state index in [0.29, 0.717) is 0 Å². The van der Waals surface area contributed by atoms with Crippen molar-refractivity contribution in [1.82, 2.24) is 0 Å². The normalized spacial score (nSPS) is 12.2. The van der Waals surface area contributed by atoms with E-state index < -0.39 is 0 Å². The van der Waals surface area contributed by atoms with Crippen LogP contribution < -0.4 is 0 Å². The van der Waals surface area contributed by atoms with E-state index >= 15 is 0 Å². The molecule has 0 aromatic rings. The molecular weight excluding hydrogens is 168 g/mol. The predicted octanol–water partition coefficient (Wildman–Crippen LogP) is 3.43. The average Bonchev–Trinajstić information content (AvgIpc) is 1.91. The molecule has 1 rings (SSSR count). The van der Waals surface area contributed by atoms with Gasteiger partial charge in [-0.25, -0.2) is 11.1 Å². The second-order valence-electron chi connectivity index (χ2n) is 1.96. The van der Waals surface area contributed by atoms with E-state index in [4.69, 9.17) is 0 Å². The monoisotopic (exact) mass is 186 g/mol. The third-order valence-electron chi connectivity index (χ3n) is 1.37. The molecule has 1 aliphatic carbocycles. The van der Waals surface area contributed by atoms with Gasteiger partial charge in [0, 0.05) is 0 Å². The molecular formula is C10H18Ti. The van der Waals surface area contributed by atoms with Crippen molar-refractivity contribution in [2.45, 2.75) is 20.3 Å². The Kier molecular flexibility index (Phi) is 20.8. The van der Waals surface area contributed by atoms with Gasteiger partial charge in [-0.1, -0.05) is 13.3 Å². The van der Waals surface area contributed by atoms with Crippen molar-refractivity contribution >= 4 is 0 Å². The zero-order valence-electron chi connectivity index (χ0n) is 8.28. The van der Waals surface area contributed by atoms with Gasteiger partial charge < -0.3 is 22.3 Å². The van der Waals surface area contributed by atoms with E-state index in [0.717, 1.165) is 6.42 Å². The molecule has 1 heteroatoms. The maximum Gasteiger partial charge on any atom is 4.00 e. The molecule has 0 fully saturated rings. The van der Waals surface area contributed by atoms with Crippen LogP contribution in [0.15, 0.2) is 17.2 Å². The third kappa shape index (κ3) is 6.59. The second-order valence-corrected chi connectivity index (χ2v) is 1.96. The molecule has 0 aromatic heterocycles. The van der Waals surface area contributed by atoms with Gasteiger partial charge >= 0.3 is 21.7 Å². The molecule has 0 atom stereocenters. The molecule has 0 spiro atoms. The van der Waals surface area contributed by atoms with Crippen molar-refractivity contribution in [2.75, 3.05) is 0 Å². The molecule has 1 aliphatic rings. The van der Waals surface area contributed by atoms with Gasteiger partial charge in [0.1, 0.15) is 0 Å². The van der Waals surface area contributed by atoms with Crippen LogP contribution in [0, 0.1) is 28.4 Å². The van der Waals surface area contributed by atoms with Crippen molar-refractivity contribution in [3.8, 4) is 0 Å². The fraction of sp³-hybridized carbons (Fsp3) is 0.300. The minimum atomic E-state index is 0. The van der Waals surface area contributed by atoms with Gasteiger partial charge in [-0.3, -0.25) is 6.08 Å². The molecule has 0 aromatic carbocycles. The number of rotatable bonds is 0. The van der Waals surface area contributed by atoms with Crippen molar-refractivity contribution in [3.05, 3.63) is 45.6 Å². The summed E-state index contributed by atoms with van der Waals surface area (Å²) in [6.45, 7) is 4.24. The molecule has 0 N–H and O–H groups in total. The zero-order valence-corrected chi connectivity index (χ0v) is 9.85. The first-order chi connectivity index (χ1) is 3.30. The van der Waals surface area contributed by atoms with Crippen LogP contribution in [-0.4, -0.2) is 0 Å². The van der Waals surface area contributed by atoms with Crippen LogP contribution in [0.2, 0.25) is 0 Å². The number of allylic oxidation sites excluding steroid dienone is 4. The quantitative estimate of drug-likeness (QED) is 0.401. The second kappa shape index (κ2) is 10.2. The first-order valence-electron chi connectivity index (χ1n) is 2.55. The van der Waals surface area contributed by atoms with Gasteiger partial charge in [-0.05, 0) is 0 Å². The SMILES string of the molecule is CC1=C(C)CC=[C-]1.[CH3-].[CH3-].[CH3-].[Ti+4]. The molecule has 0 amide bonds. The number of hydrogen-bond acceptors (Lipinski definition) is 0. The van der Waals surface area contributed by atoms with Crippen molar-refractivity contribution < 1.29 is 21.7 Å². The molecule has 62 valence electrons. The Morgan fingerprint density at radius 1 is 1.18 bits per heavy atom. The summed E-state index contributed by atoms with van der Waals surface area (Å²) in [6.07, 6.45) is 6.31. The van der Waals surface area contributed by atoms with E-state index in [-0.39, 0.29) is 44.0 Å². The van der Waals surface area contributed by atoms with Crippen LogP contribution in [0.4, 0.5) is 0 Å². The standard InChI is InChI=1S/C7H9.3CH3.Ti/c1-6-4-3-5-7(6)2;;;;/h3H,4H2,1-2H3;3*1H3;/q4*-1;+4. The van der Waals surface area contributed by atoms with Gasteiger partial charge in [0.05, 0.1) is 0 Å². The van der Waals surface area contributed by atoms with Crippen LogP contribution in [0.5, 0.6) is 0 Å². The maximum atomic E-state index is 3.12. The van der Waals surface area contributed by atoms with E-state index in [9.17, 15) is 0 Å². The molecule has 0 radical (unpaired) electrons. The molecule has 0 heterocycles. The largest absolute Gasteiger partial charge is 4.00 e. The van der Waals surface area contributed by atoms with Crippen molar-refractivity contribution in [2.24, 2.45) is 0 Å². The summed E-state index contributed by atoms with van der Waals surface area (Å²) in [6, 6.07) is 0. The van der Waals surface area contributed by atoms with Gasteiger partial charge in [0.15, 0.2) is 0 Å². The summed E-state index contributed by atoms with van der Waals surface area (Å²) >= 11 is 0. The van der Waals surface area contributed by atoms with Gasteiger partial charge in [0.2, 0.25) is 0 Å². The Labute approximate surface area is 87.7 Å². The van der Waals surface area contributed by atoms with Crippen molar-refractivity contribution in [1.29, 1.82) is 0 Å². The van der Waals surface area contributed by atoms with Crippen LogP contribution in [0.3, 0.4) is 0 Å². The Bertz CT molecular complexity index is 132. The number of hydrogen-bond donors (Lipinski definition) is 0. The molecule has 0 saturated heterocycles. The summed E-state index contributed by atoms with van der Waals surface area (Å²) in [5.74, 6) is 0. The van der Waals surface area contributed by atoms with E-state index in [2.05, 4.69) is 26.0 Å². The van der Waals surface area contributed by atoms with Gasteiger partial charge in [-0.15, -0.1) is 6.92 Å². The fourth-order valence-electron chi connectivity index (χ4n) is 0.634. The molecule has 0 nitrogen and oxygen atoms in total. The first-order valence-corrected chi connectivity index (χ1v) is 2.55. The topological polar surface area (TPSA) is 0 Å². The van der Waals surface area contributed by atoms with Crippen LogP contribution >= 0.6 is 0 Å². The van der Waals surface area contributed by atoms with Crippen LogP contribution in [0.25, 0.3) is 0 Å². The maximum absolute atomic E-state index is 3.12. The minimum Gasteiger partial charge on any atom is -0.358 e. The summed E-state index contributed by atoms with van der Waals surface area (Å²) in [5, 5.41) is 0. The third-order valence-corrected chi connectivity index (χ3v) is 1.37. The summed E-state index contributed by atoms with van der Waals surface area (Å²) < 4.78 is 0. The van der Waals surface area contributed by atoms with Crippen molar-refractivity contribution in [3.63, 3.8) is 0 Å². The molecule has 0 aliphatic heterocycles. The fourth-order valence-corrected chi connectivity index (χ4v) is 0.634. The molecule has 11 heavy (non-hydrogen) atoms. The Hall–Kier alpha value is 0.194. The van der Waals surface area contributed by atoms with Gasteiger partial charge in [0.25, 0.3) is 0 Å². The minimum absolute atomic E-state index is 0. The molecule has 0 saturated carbocycles. The molecule has 0 unspecified atom stereocenters. The summed E-state index contributed by atoms with van der Waals surface area (Å²) in [4.78, 5) is 0.